The minimum atomic E-state index is -0.144. The van der Waals surface area contributed by atoms with Crippen molar-refractivity contribution in [2.45, 2.75) is 45.1 Å². The van der Waals surface area contributed by atoms with Gasteiger partial charge in [-0.3, -0.25) is 0 Å². The molecular weight excluding hydrogens is 330 g/mol. The Hall–Kier alpha value is -2.48. The van der Waals surface area contributed by atoms with Gasteiger partial charge in [0.15, 0.2) is 0 Å². The van der Waals surface area contributed by atoms with Gasteiger partial charge < -0.3 is 9.64 Å². The summed E-state index contributed by atoms with van der Waals surface area (Å²) < 4.78 is 5.69. The Morgan fingerprint density at radius 3 is 2.52 bits per heavy atom. The number of ether oxygens (including phenoxy) is 1. The third-order valence-corrected chi connectivity index (χ3v) is 6.30. The Morgan fingerprint density at radius 1 is 1.04 bits per heavy atom. The first-order chi connectivity index (χ1) is 13.2. The Bertz CT molecular complexity index is 867. The second kappa shape index (κ2) is 7.26. The number of rotatable bonds is 5. The van der Waals surface area contributed by atoms with Crippen molar-refractivity contribution in [1.29, 1.82) is 0 Å². The molecule has 2 atom stereocenters. The first-order valence-corrected chi connectivity index (χ1v) is 10.2. The Morgan fingerprint density at radius 2 is 1.78 bits per heavy atom. The standard InChI is InChI=1S/C25H29NO/c1-4-26-19(3)25(17-18-27-5-2,21-12-7-6-8-13-21)23-16-15-20-11-9-10-14-22(20)24(23)26/h6-14,17-19H,4-5,15-16H2,1-3H3/b18-17+. The summed E-state index contributed by atoms with van der Waals surface area (Å²) in [5.41, 5.74) is 7.08. The molecule has 2 unspecified atom stereocenters. The van der Waals surface area contributed by atoms with Crippen LogP contribution in [0.2, 0.25) is 0 Å². The van der Waals surface area contributed by atoms with Crippen LogP contribution in [0.3, 0.4) is 0 Å². The monoisotopic (exact) mass is 359 g/mol. The van der Waals surface area contributed by atoms with Gasteiger partial charge in [-0.15, -0.1) is 0 Å². The lowest BCUT2D eigenvalue weighted by Crippen LogP contribution is -2.41. The van der Waals surface area contributed by atoms with E-state index in [0.717, 1.165) is 19.4 Å². The van der Waals surface area contributed by atoms with Gasteiger partial charge in [0, 0.05) is 23.8 Å². The smallest absolute Gasteiger partial charge is 0.0845 e. The molecule has 2 aromatic carbocycles. The van der Waals surface area contributed by atoms with Gasteiger partial charge in [-0.2, -0.15) is 0 Å². The molecular formula is C25H29NO. The van der Waals surface area contributed by atoms with E-state index in [-0.39, 0.29) is 5.41 Å². The van der Waals surface area contributed by atoms with Gasteiger partial charge in [-0.1, -0.05) is 54.6 Å². The lowest BCUT2D eigenvalue weighted by atomic mass is 9.68. The van der Waals surface area contributed by atoms with Crippen molar-refractivity contribution in [3.63, 3.8) is 0 Å². The molecule has 140 valence electrons. The maximum absolute atomic E-state index is 5.69. The first-order valence-electron chi connectivity index (χ1n) is 10.2. The van der Waals surface area contributed by atoms with E-state index in [2.05, 4.69) is 79.4 Å². The van der Waals surface area contributed by atoms with Crippen LogP contribution >= 0.6 is 0 Å². The van der Waals surface area contributed by atoms with Crippen molar-refractivity contribution < 1.29 is 4.74 Å². The molecule has 4 rings (SSSR count). The number of nitrogens with zero attached hydrogens (tertiary/aromatic N) is 1. The normalized spacial score (nSPS) is 24.3. The number of hydrogen-bond donors (Lipinski definition) is 0. The van der Waals surface area contributed by atoms with Crippen LogP contribution in [0.4, 0.5) is 0 Å². The molecule has 1 heterocycles. The molecule has 0 fully saturated rings. The highest BCUT2D eigenvalue weighted by Crippen LogP contribution is 2.54. The van der Waals surface area contributed by atoms with Gasteiger partial charge in [0.2, 0.25) is 0 Å². The van der Waals surface area contributed by atoms with Crippen LogP contribution in [0.5, 0.6) is 0 Å². The molecule has 0 bridgehead atoms. The molecule has 0 amide bonds. The first kappa shape index (κ1) is 17.9. The van der Waals surface area contributed by atoms with E-state index < -0.39 is 0 Å². The largest absolute Gasteiger partial charge is 0.502 e. The Kier molecular flexibility index (Phi) is 4.82. The quantitative estimate of drug-likeness (QED) is 0.648. The summed E-state index contributed by atoms with van der Waals surface area (Å²) in [6, 6.07) is 20.2. The fourth-order valence-electron chi connectivity index (χ4n) is 5.08. The predicted octanol–water partition coefficient (Wildman–Crippen LogP) is 5.56. The summed E-state index contributed by atoms with van der Waals surface area (Å²) in [6.45, 7) is 8.38. The third-order valence-electron chi connectivity index (χ3n) is 6.30. The summed E-state index contributed by atoms with van der Waals surface area (Å²) >= 11 is 0. The molecule has 1 aliphatic heterocycles. The highest BCUT2D eigenvalue weighted by Gasteiger charge is 2.50. The van der Waals surface area contributed by atoms with E-state index in [1.54, 1.807) is 0 Å². The summed E-state index contributed by atoms with van der Waals surface area (Å²) in [4.78, 5) is 2.59. The summed E-state index contributed by atoms with van der Waals surface area (Å²) in [6.07, 6.45) is 6.44. The van der Waals surface area contributed by atoms with Crippen molar-refractivity contribution in [3.8, 4) is 0 Å². The maximum atomic E-state index is 5.69. The minimum absolute atomic E-state index is 0.144. The molecule has 0 N–H and O–H groups in total. The Balaban J connectivity index is 1.97. The maximum Gasteiger partial charge on any atom is 0.0845 e. The number of likely N-dealkylation sites (N-methyl/N-ethyl adjacent to an activating group) is 1. The topological polar surface area (TPSA) is 12.5 Å². The summed E-state index contributed by atoms with van der Waals surface area (Å²) in [5, 5.41) is 0. The van der Waals surface area contributed by atoms with E-state index in [1.807, 2.05) is 13.2 Å². The van der Waals surface area contributed by atoms with Crippen molar-refractivity contribution in [2.24, 2.45) is 0 Å². The zero-order chi connectivity index (χ0) is 18.9. The van der Waals surface area contributed by atoms with Gasteiger partial charge in [0.1, 0.15) is 0 Å². The molecule has 0 saturated carbocycles. The average Bonchev–Trinajstić information content (AvgIpc) is 2.97. The van der Waals surface area contributed by atoms with Gasteiger partial charge in [0.25, 0.3) is 0 Å². The van der Waals surface area contributed by atoms with E-state index in [0.29, 0.717) is 12.6 Å². The number of fused-ring (bicyclic) bond motifs is 2. The predicted molar refractivity (Wildman–Crippen MR) is 112 cm³/mol. The number of benzene rings is 2. The van der Waals surface area contributed by atoms with Crippen molar-refractivity contribution in [2.75, 3.05) is 13.2 Å². The van der Waals surface area contributed by atoms with E-state index in [9.17, 15) is 0 Å². The number of hydrogen-bond acceptors (Lipinski definition) is 2. The molecule has 0 spiro atoms. The van der Waals surface area contributed by atoms with Crippen LogP contribution in [0.25, 0.3) is 5.70 Å². The molecule has 1 aliphatic carbocycles. The van der Waals surface area contributed by atoms with Gasteiger partial charge in [-0.25, -0.2) is 0 Å². The summed E-state index contributed by atoms with van der Waals surface area (Å²) in [5.74, 6) is 0. The van der Waals surface area contributed by atoms with Crippen molar-refractivity contribution >= 4 is 5.70 Å². The van der Waals surface area contributed by atoms with Crippen molar-refractivity contribution in [1.82, 2.24) is 4.90 Å². The van der Waals surface area contributed by atoms with Gasteiger partial charge >= 0.3 is 0 Å². The van der Waals surface area contributed by atoms with Crippen LogP contribution in [0.15, 0.2) is 72.5 Å². The highest BCUT2D eigenvalue weighted by atomic mass is 16.5. The zero-order valence-electron chi connectivity index (χ0n) is 16.6. The van der Waals surface area contributed by atoms with Crippen LogP contribution in [0, 0.1) is 0 Å². The summed E-state index contributed by atoms with van der Waals surface area (Å²) in [7, 11) is 0. The van der Waals surface area contributed by atoms with E-state index >= 15 is 0 Å². The zero-order valence-corrected chi connectivity index (χ0v) is 16.6. The van der Waals surface area contributed by atoms with Crippen LogP contribution in [-0.2, 0) is 16.6 Å². The fraction of sp³-hybridized carbons (Fsp3) is 0.360. The molecule has 2 heteroatoms. The molecule has 0 saturated heterocycles. The van der Waals surface area contributed by atoms with Crippen LogP contribution in [-0.4, -0.2) is 24.1 Å². The second-order valence-corrected chi connectivity index (χ2v) is 7.44. The Labute approximate surface area is 163 Å². The van der Waals surface area contributed by atoms with Crippen LogP contribution in [0.1, 0.15) is 43.9 Å². The second-order valence-electron chi connectivity index (χ2n) is 7.44. The van der Waals surface area contributed by atoms with Crippen LogP contribution < -0.4 is 0 Å². The third kappa shape index (κ3) is 2.70. The molecule has 2 aromatic rings. The van der Waals surface area contributed by atoms with Crippen molar-refractivity contribution in [3.05, 3.63) is 89.2 Å². The molecule has 0 radical (unpaired) electrons. The minimum Gasteiger partial charge on any atom is -0.502 e. The molecule has 2 aliphatic rings. The SMILES string of the molecule is CCO/C=C/C1(c2ccccc2)C2=C(c3ccccc3CC2)N(CC)C1C. The van der Waals surface area contributed by atoms with E-state index in [4.69, 9.17) is 4.74 Å². The molecule has 2 nitrogen and oxygen atoms in total. The molecule has 0 aromatic heterocycles. The fourth-order valence-corrected chi connectivity index (χ4v) is 5.08. The van der Waals surface area contributed by atoms with Gasteiger partial charge in [-0.05, 0) is 56.4 Å². The molecule has 27 heavy (non-hydrogen) atoms. The van der Waals surface area contributed by atoms with E-state index in [1.165, 1.54) is 28.0 Å². The average molecular weight is 360 g/mol. The lowest BCUT2D eigenvalue weighted by molar-refractivity contribution is 0.255. The highest BCUT2D eigenvalue weighted by molar-refractivity contribution is 5.79. The number of aryl methyl sites for hydroxylation is 1. The van der Waals surface area contributed by atoms with Gasteiger partial charge in [0.05, 0.1) is 18.3 Å². The lowest BCUT2D eigenvalue weighted by Gasteiger charge is -2.37.